The van der Waals surface area contributed by atoms with Gasteiger partial charge in [-0.15, -0.1) is 11.6 Å². The largest absolute Gasteiger partial charge is 0.120 e. The van der Waals surface area contributed by atoms with E-state index < -0.39 is 0 Å². The first-order chi connectivity index (χ1) is 11.9. The van der Waals surface area contributed by atoms with Crippen molar-refractivity contribution < 1.29 is 0 Å². The molecular formula is C24H49Cl. The molecule has 0 unspecified atom stereocenters. The Morgan fingerprint density at radius 3 is 1.16 bits per heavy atom. The summed E-state index contributed by atoms with van der Waals surface area (Å²) in [6.45, 7) is 11.3. The molecule has 0 heterocycles. The van der Waals surface area contributed by atoms with Crippen LogP contribution < -0.4 is 0 Å². The van der Waals surface area contributed by atoms with Crippen molar-refractivity contribution in [2.75, 3.05) is 0 Å². The predicted molar refractivity (Wildman–Crippen MR) is 118 cm³/mol. The molecule has 0 radical (unpaired) electrons. The highest BCUT2D eigenvalue weighted by atomic mass is 35.5. The van der Waals surface area contributed by atoms with Gasteiger partial charge in [-0.2, -0.15) is 0 Å². The summed E-state index contributed by atoms with van der Waals surface area (Å²) in [6.07, 6.45) is 23.8. The number of hydrogen-bond acceptors (Lipinski definition) is 0. The van der Waals surface area contributed by atoms with Crippen molar-refractivity contribution in [1.29, 1.82) is 0 Å². The summed E-state index contributed by atoms with van der Waals surface area (Å²) in [7, 11) is 0. The molecule has 0 aliphatic carbocycles. The topological polar surface area (TPSA) is 0 Å². The maximum Gasteiger partial charge on any atom is 0.0390 e. The van der Waals surface area contributed by atoms with Gasteiger partial charge in [0.2, 0.25) is 0 Å². The second-order valence-corrected chi connectivity index (χ2v) is 10.2. The number of halogens is 1. The lowest BCUT2D eigenvalue weighted by atomic mass is 9.71. The molecule has 0 rings (SSSR count). The fourth-order valence-electron chi connectivity index (χ4n) is 4.16. The Bertz CT molecular complexity index is 255. The minimum atomic E-state index is -0.00254. The molecule has 0 spiro atoms. The molecule has 152 valence electrons. The number of alkyl halides is 1. The van der Waals surface area contributed by atoms with Crippen LogP contribution in [0.15, 0.2) is 0 Å². The van der Waals surface area contributed by atoms with E-state index >= 15 is 0 Å². The smallest absolute Gasteiger partial charge is 0.0390 e. The van der Waals surface area contributed by atoms with Crippen molar-refractivity contribution >= 4 is 11.6 Å². The minimum Gasteiger partial charge on any atom is -0.120 e. The van der Waals surface area contributed by atoms with Crippen molar-refractivity contribution in [3.05, 3.63) is 0 Å². The van der Waals surface area contributed by atoms with Crippen LogP contribution in [-0.4, -0.2) is 4.87 Å². The molecule has 0 amide bonds. The zero-order valence-corrected chi connectivity index (χ0v) is 19.2. The Morgan fingerprint density at radius 1 is 0.480 bits per heavy atom. The quantitative estimate of drug-likeness (QED) is 0.166. The highest BCUT2D eigenvalue weighted by Crippen LogP contribution is 2.41. The summed E-state index contributed by atoms with van der Waals surface area (Å²) < 4.78 is 0. The molecule has 25 heavy (non-hydrogen) atoms. The van der Waals surface area contributed by atoms with Gasteiger partial charge in [-0.1, -0.05) is 97.8 Å². The summed E-state index contributed by atoms with van der Waals surface area (Å²) in [5.41, 5.74) is 0.671. The molecule has 0 nitrogen and oxygen atoms in total. The van der Waals surface area contributed by atoms with Crippen molar-refractivity contribution in [1.82, 2.24) is 0 Å². The van der Waals surface area contributed by atoms with E-state index in [4.69, 9.17) is 11.6 Å². The molecule has 0 atom stereocenters. The van der Waals surface area contributed by atoms with E-state index in [2.05, 4.69) is 34.6 Å². The maximum absolute atomic E-state index is 6.27. The van der Waals surface area contributed by atoms with Gasteiger partial charge in [0.15, 0.2) is 0 Å². The van der Waals surface area contributed by atoms with Gasteiger partial charge >= 0.3 is 0 Å². The number of unbranched alkanes of at least 4 members (excludes halogenated alkanes) is 8. The molecule has 0 aromatic carbocycles. The van der Waals surface area contributed by atoms with Crippen LogP contribution in [0.2, 0.25) is 0 Å². The van der Waals surface area contributed by atoms with Crippen molar-refractivity contribution in [3.8, 4) is 0 Å². The fraction of sp³-hybridized carbons (Fsp3) is 1.00. The van der Waals surface area contributed by atoms with Crippen LogP contribution in [-0.2, 0) is 0 Å². The van der Waals surface area contributed by atoms with E-state index in [1.807, 2.05) is 0 Å². The van der Waals surface area contributed by atoms with E-state index in [1.165, 1.54) is 103 Å². The molecule has 0 bridgehead atoms. The summed E-state index contributed by atoms with van der Waals surface area (Å²) in [4.78, 5) is -0.00254. The lowest BCUT2D eigenvalue weighted by molar-refractivity contribution is 0.175. The van der Waals surface area contributed by atoms with Gasteiger partial charge < -0.3 is 0 Å². The van der Waals surface area contributed by atoms with E-state index in [0.717, 1.165) is 6.42 Å². The zero-order valence-electron chi connectivity index (χ0n) is 18.4. The lowest BCUT2D eigenvalue weighted by Gasteiger charge is -2.35. The first-order valence-electron chi connectivity index (χ1n) is 11.6. The highest BCUT2D eigenvalue weighted by molar-refractivity contribution is 6.23. The Labute approximate surface area is 165 Å². The third kappa shape index (κ3) is 15.1. The first-order valence-corrected chi connectivity index (χ1v) is 12.0. The Hall–Kier alpha value is 0.290. The van der Waals surface area contributed by atoms with Gasteiger partial charge in [-0.3, -0.25) is 0 Å². The first kappa shape index (κ1) is 25.3. The molecule has 0 fully saturated rings. The Morgan fingerprint density at radius 2 is 0.800 bits per heavy atom. The molecule has 0 saturated carbocycles. The maximum atomic E-state index is 6.27. The van der Waals surface area contributed by atoms with E-state index in [1.54, 1.807) is 0 Å². The molecule has 0 saturated heterocycles. The second kappa shape index (κ2) is 15.4. The molecule has 0 aromatic heterocycles. The molecule has 0 N–H and O–H groups in total. The van der Waals surface area contributed by atoms with Crippen LogP contribution in [0.4, 0.5) is 0 Å². The van der Waals surface area contributed by atoms with Crippen LogP contribution in [0.3, 0.4) is 0 Å². The summed E-state index contributed by atoms with van der Waals surface area (Å²) in [5.74, 6) is 0. The van der Waals surface area contributed by atoms with Gasteiger partial charge in [0.05, 0.1) is 0 Å². The van der Waals surface area contributed by atoms with Gasteiger partial charge in [0.25, 0.3) is 0 Å². The predicted octanol–water partition coefficient (Wildman–Crippen LogP) is 9.68. The zero-order chi connectivity index (χ0) is 19.0. The van der Waals surface area contributed by atoms with Gasteiger partial charge in [-0.25, -0.2) is 0 Å². The van der Waals surface area contributed by atoms with Gasteiger partial charge in [0, 0.05) is 4.87 Å². The summed E-state index contributed by atoms with van der Waals surface area (Å²) in [5, 5.41) is 0. The van der Waals surface area contributed by atoms with Crippen LogP contribution in [0.1, 0.15) is 144 Å². The van der Waals surface area contributed by atoms with Crippen LogP contribution in [0.5, 0.6) is 0 Å². The Kier molecular flexibility index (Phi) is 15.5. The average molecular weight is 373 g/mol. The molecule has 0 aromatic rings. The second-order valence-electron chi connectivity index (χ2n) is 9.15. The monoisotopic (exact) mass is 372 g/mol. The number of hydrogen-bond donors (Lipinski definition) is 0. The fourth-order valence-corrected chi connectivity index (χ4v) is 4.29. The lowest BCUT2D eigenvalue weighted by Crippen LogP contribution is -2.21. The average Bonchev–Trinajstić information content (AvgIpc) is 2.57. The van der Waals surface area contributed by atoms with Gasteiger partial charge in [-0.05, 0) is 51.4 Å². The molecule has 1 heteroatoms. The molecule has 0 aliphatic rings. The number of rotatable bonds is 18. The van der Waals surface area contributed by atoms with Gasteiger partial charge in [0.1, 0.15) is 0 Å². The van der Waals surface area contributed by atoms with Crippen LogP contribution >= 0.6 is 11.6 Å². The van der Waals surface area contributed by atoms with E-state index in [9.17, 15) is 0 Å². The van der Waals surface area contributed by atoms with E-state index in [0.29, 0.717) is 5.41 Å². The Balaban J connectivity index is 4.13. The molecule has 0 aliphatic heterocycles. The van der Waals surface area contributed by atoms with Crippen molar-refractivity contribution in [2.24, 2.45) is 5.41 Å². The van der Waals surface area contributed by atoms with E-state index in [-0.39, 0.29) is 4.87 Å². The highest BCUT2D eigenvalue weighted by Gasteiger charge is 2.27. The molecular weight excluding hydrogens is 324 g/mol. The summed E-state index contributed by atoms with van der Waals surface area (Å²) >= 11 is 6.27. The third-order valence-electron chi connectivity index (χ3n) is 5.91. The summed E-state index contributed by atoms with van der Waals surface area (Å²) in [6, 6.07) is 0. The van der Waals surface area contributed by atoms with Crippen molar-refractivity contribution in [3.63, 3.8) is 0 Å². The standard InChI is InChI=1S/C24H49Cl/c1-6-9-19-24(20-10-7-2,21-11-8-3)22-17-15-13-12-14-16-18-23(4,5)25/h6-22H2,1-5H3. The van der Waals surface area contributed by atoms with Crippen LogP contribution in [0, 0.1) is 5.41 Å². The normalized spacial score (nSPS) is 12.7. The van der Waals surface area contributed by atoms with Crippen molar-refractivity contribution in [2.45, 2.75) is 149 Å². The third-order valence-corrected chi connectivity index (χ3v) is 6.10. The minimum absolute atomic E-state index is 0.00254. The van der Waals surface area contributed by atoms with Crippen LogP contribution in [0.25, 0.3) is 0 Å². The SMILES string of the molecule is CCCCC(CCCC)(CCCC)CCCCCCCCC(C)(C)Cl.